The van der Waals surface area contributed by atoms with Crippen molar-refractivity contribution in [2.24, 2.45) is 5.84 Å². The van der Waals surface area contributed by atoms with Gasteiger partial charge in [0.2, 0.25) is 0 Å². The lowest BCUT2D eigenvalue weighted by atomic mass is 10.3. The number of nitrogens with one attached hydrogen (secondary N) is 2. The summed E-state index contributed by atoms with van der Waals surface area (Å²) < 4.78 is 28.7. The average molecular weight is 469 g/mol. The zero-order valence-electron chi connectivity index (χ0n) is 9.97. The van der Waals surface area contributed by atoms with Crippen LogP contribution in [0.1, 0.15) is 0 Å². The summed E-state index contributed by atoms with van der Waals surface area (Å²) in [7, 11) is -3.78. The molecule has 1 aromatic carbocycles. The van der Waals surface area contributed by atoms with E-state index < -0.39 is 10.0 Å². The Morgan fingerprint density at radius 2 is 2.05 bits per heavy atom. The number of nitrogen functional groups attached to an aromatic ring is 1. The molecule has 106 valence electrons. The maximum atomic E-state index is 12.4. The molecule has 6 nitrogen and oxygen atoms in total. The number of aromatic nitrogens is 1. The van der Waals surface area contributed by atoms with Crippen LogP contribution < -0.4 is 16.0 Å². The molecule has 4 N–H and O–H groups in total. The van der Waals surface area contributed by atoms with Gasteiger partial charge in [0.15, 0.2) is 5.82 Å². The molecule has 20 heavy (non-hydrogen) atoms. The van der Waals surface area contributed by atoms with Gasteiger partial charge in [0.05, 0.1) is 0 Å². The summed E-state index contributed by atoms with van der Waals surface area (Å²) in [5.74, 6) is 5.37. The van der Waals surface area contributed by atoms with Crippen LogP contribution in [0.25, 0.3) is 0 Å². The second-order valence-corrected chi connectivity index (χ2v) is 7.57. The Balaban J connectivity index is 2.43. The van der Waals surface area contributed by atoms with Gasteiger partial charge in [-0.25, -0.2) is 19.2 Å². The molecular formula is C11H10BrIN4O2S. The van der Waals surface area contributed by atoms with E-state index in [0.717, 1.165) is 3.57 Å². The van der Waals surface area contributed by atoms with E-state index in [1.807, 2.05) is 6.07 Å². The molecule has 9 heteroatoms. The number of anilines is 2. The first-order chi connectivity index (χ1) is 9.42. The fourth-order valence-corrected chi connectivity index (χ4v) is 3.72. The van der Waals surface area contributed by atoms with Gasteiger partial charge in [-0.15, -0.1) is 0 Å². The molecule has 0 saturated heterocycles. The minimum absolute atomic E-state index is 0.0340. The van der Waals surface area contributed by atoms with E-state index in [2.05, 4.69) is 53.7 Å². The Hall–Kier alpha value is -0.910. The van der Waals surface area contributed by atoms with Crippen LogP contribution >= 0.6 is 38.5 Å². The smallest absolute Gasteiger partial charge is 0.265 e. The number of benzene rings is 1. The van der Waals surface area contributed by atoms with Crippen LogP contribution in [0.3, 0.4) is 0 Å². The number of rotatable bonds is 4. The first-order valence-corrected chi connectivity index (χ1v) is 8.68. The van der Waals surface area contributed by atoms with Crippen molar-refractivity contribution in [3.8, 4) is 0 Å². The summed E-state index contributed by atoms with van der Waals surface area (Å²) in [6.07, 6.45) is 1.46. The van der Waals surface area contributed by atoms with Gasteiger partial charge in [-0.1, -0.05) is 6.07 Å². The van der Waals surface area contributed by atoms with Gasteiger partial charge in [-0.3, -0.25) is 4.72 Å². The Morgan fingerprint density at radius 1 is 1.30 bits per heavy atom. The maximum Gasteiger partial charge on any atom is 0.265 e. The van der Waals surface area contributed by atoms with E-state index in [4.69, 9.17) is 5.84 Å². The minimum atomic E-state index is -3.78. The molecule has 2 aromatic rings. The highest BCUT2D eigenvalue weighted by Crippen LogP contribution is 2.25. The first-order valence-electron chi connectivity index (χ1n) is 5.33. The molecule has 2 rings (SSSR count). The summed E-state index contributed by atoms with van der Waals surface area (Å²) in [5.41, 5.74) is 2.75. The van der Waals surface area contributed by atoms with Gasteiger partial charge in [0.1, 0.15) is 4.90 Å². The van der Waals surface area contributed by atoms with Crippen molar-refractivity contribution in [1.29, 1.82) is 0 Å². The number of pyridine rings is 1. The van der Waals surface area contributed by atoms with E-state index >= 15 is 0 Å². The third-order valence-corrected chi connectivity index (χ3v) is 4.82. The standard InChI is InChI=1S/C11H10BrIN4O2S/c12-7-4-10(11(16-14)15-6-7)20(18,19)17-9-3-1-2-8(13)5-9/h1-6,17H,14H2,(H,15,16). The number of nitrogens with zero attached hydrogens (tertiary/aromatic N) is 1. The quantitative estimate of drug-likeness (QED) is 0.364. The topological polar surface area (TPSA) is 97.1 Å². The second kappa shape index (κ2) is 6.24. The van der Waals surface area contributed by atoms with Crippen molar-refractivity contribution in [1.82, 2.24) is 4.98 Å². The predicted molar refractivity (Wildman–Crippen MR) is 89.7 cm³/mol. The molecule has 0 unspecified atom stereocenters. The number of hydrogen-bond donors (Lipinski definition) is 3. The number of sulfonamides is 1. The van der Waals surface area contributed by atoms with Crippen LogP contribution in [-0.2, 0) is 10.0 Å². The molecular weight excluding hydrogens is 459 g/mol. The van der Waals surface area contributed by atoms with E-state index in [0.29, 0.717) is 10.2 Å². The Morgan fingerprint density at radius 3 is 2.70 bits per heavy atom. The average Bonchev–Trinajstić information content (AvgIpc) is 2.38. The monoisotopic (exact) mass is 468 g/mol. The number of hydrogen-bond acceptors (Lipinski definition) is 5. The van der Waals surface area contributed by atoms with Crippen molar-refractivity contribution >= 4 is 60.0 Å². The molecule has 0 radical (unpaired) electrons. The lowest BCUT2D eigenvalue weighted by Gasteiger charge is -2.11. The largest absolute Gasteiger partial charge is 0.307 e. The van der Waals surface area contributed by atoms with E-state index in [9.17, 15) is 8.42 Å². The minimum Gasteiger partial charge on any atom is -0.307 e. The van der Waals surface area contributed by atoms with Gasteiger partial charge in [-0.2, -0.15) is 0 Å². The van der Waals surface area contributed by atoms with Gasteiger partial charge in [0, 0.05) is 19.9 Å². The zero-order valence-corrected chi connectivity index (χ0v) is 14.5. The van der Waals surface area contributed by atoms with Crippen molar-refractivity contribution in [3.63, 3.8) is 0 Å². The summed E-state index contributed by atoms with van der Waals surface area (Å²) in [4.78, 5) is 3.88. The first kappa shape index (κ1) is 15.5. The fourth-order valence-electron chi connectivity index (χ4n) is 1.50. The summed E-state index contributed by atoms with van der Waals surface area (Å²) >= 11 is 5.29. The Bertz CT molecular complexity index is 739. The molecule has 0 bridgehead atoms. The molecule has 0 aliphatic rings. The Labute approximate surface area is 138 Å². The normalized spacial score (nSPS) is 11.2. The summed E-state index contributed by atoms with van der Waals surface area (Å²) in [5, 5.41) is 0. The maximum absolute atomic E-state index is 12.4. The van der Waals surface area contributed by atoms with Crippen LogP contribution in [-0.4, -0.2) is 13.4 Å². The zero-order chi connectivity index (χ0) is 14.8. The SMILES string of the molecule is NNc1ncc(Br)cc1S(=O)(=O)Nc1cccc(I)c1. The van der Waals surface area contributed by atoms with Crippen LogP contribution in [0.2, 0.25) is 0 Å². The molecule has 0 spiro atoms. The molecule has 0 amide bonds. The fraction of sp³-hybridized carbons (Fsp3) is 0. The predicted octanol–water partition coefficient (Wildman–Crippen LogP) is 2.54. The summed E-state index contributed by atoms with van der Waals surface area (Å²) in [6.45, 7) is 0. The van der Waals surface area contributed by atoms with Crippen molar-refractivity contribution in [3.05, 3.63) is 44.6 Å². The number of nitrogens with two attached hydrogens (primary N) is 1. The highest BCUT2D eigenvalue weighted by molar-refractivity contribution is 14.1. The lowest BCUT2D eigenvalue weighted by molar-refractivity contribution is 0.601. The van der Waals surface area contributed by atoms with Crippen LogP contribution in [0.5, 0.6) is 0 Å². The molecule has 0 fully saturated rings. The third kappa shape index (κ3) is 3.59. The van der Waals surface area contributed by atoms with Crippen LogP contribution in [0, 0.1) is 3.57 Å². The highest BCUT2D eigenvalue weighted by atomic mass is 127. The van der Waals surface area contributed by atoms with Gasteiger partial charge in [0.25, 0.3) is 10.0 Å². The number of hydrazine groups is 1. The second-order valence-electron chi connectivity index (χ2n) is 3.76. The third-order valence-electron chi connectivity index (χ3n) is 2.32. The number of halogens is 2. The molecule has 1 aromatic heterocycles. The molecule has 0 saturated carbocycles. The lowest BCUT2D eigenvalue weighted by Crippen LogP contribution is -2.18. The van der Waals surface area contributed by atoms with E-state index in [-0.39, 0.29) is 10.7 Å². The Kier molecular flexibility index (Phi) is 4.83. The molecule has 0 atom stereocenters. The van der Waals surface area contributed by atoms with E-state index in [1.165, 1.54) is 12.3 Å². The molecule has 0 aliphatic heterocycles. The van der Waals surface area contributed by atoms with Crippen molar-refractivity contribution < 1.29 is 8.42 Å². The van der Waals surface area contributed by atoms with Gasteiger partial charge >= 0.3 is 0 Å². The highest BCUT2D eigenvalue weighted by Gasteiger charge is 2.20. The molecule has 0 aliphatic carbocycles. The summed E-state index contributed by atoms with van der Waals surface area (Å²) in [6, 6.07) is 8.45. The van der Waals surface area contributed by atoms with Crippen molar-refractivity contribution in [2.75, 3.05) is 10.1 Å². The van der Waals surface area contributed by atoms with Gasteiger partial charge in [-0.05, 0) is 62.8 Å². The molecule has 1 heterocycles. The van der Waals surface area contributed by atoms with Crippen LogP contribution in [0.15, 0.2) is 45.9 Å². The van der Waals surface area contributed by atoms with Crippen molar-refractivity contribution in [2.45, 2.75) is 4.90 Å². The van der Waals surface area contributed by atoms with Crippen LogP contribution in [0.4, 0.5) is 11.5 Å². The van der Waals surface area contributed by atoms with E-state index in [1.54, 1.807) is 18.2 Å². The van der Waals surface area contributed by atoms with Gasteiger partial charge < -0.3 is 5.43 Å².